The molecule has 1 aromatic carbocycles. The molecule has 0 atom stereocenters. The van der Waals surface area contributed by atoms with Gasteiger partial charge in [0.05, 0.1) is 12.2 Å². The Balaban J connectivity index is 2.39. The van der Waals surface area contributed by atoms with Crippen LogP contribution in [0.3, 0.4) is 0 Å². The van der Waals surface area contributed by atoms with Crippen LogP contribution in [0, 0.1) is 17.5 Å². The van der Waals surface area contributed by atoms with Crippen LogP contribution in [0.25, 0.3) is 0 Å². The van der Waals surface area contributed by atoms with Crippen molar-refractivity contribution < 1.29 is 27.5 Å². The third kappa shape index (κ3) is 3.77. The van der Waals surface area contributed by atoms with Crippen LogP contribution in [0.4, 0.5) is 13.2 Å². The van der Waals surface area contributed by atoms with Crippen LogP contribution >= 0.6 is 0 Å². The molecule has 0 amide bonds. The van der Waals surface area contributed by atoms with E-state index in [-0.39, 0.29) is 12.7 Å². The van der Waals surface area contributed by atoms with Gasteiger partial charge >= 0.3 is 5.97 Å². The topological polar surface area (TPSA) is 86.1 Å². The van der Waals surface area contributed by atoms with E-state index in [0.29, 0.717) is 6.07 Å². The van der Waals surface area contributed by atoms with Crippen molar-refractivity contribution in [2.75, 3.05) is 12.0 Å². The smallest absolute Gasteiger partial charge is 0.343 e. The monoisotopic (exact) mass is 340 g/mol. The van der Waals surface area contributed by atoms with Gasteiger partial charge in [0.2, 0.25) is 5.78 Å². The predicted octanol–water partition coefficient (Wildman–Crippen LogP) is 1.57. The van der Waals surface area contributed by atoms with Gasteiger partial charge in [0.15, 0.2) is 11.6 Å². The third-order valence-corrected chi connectivity index (χ3v) is 2.77. The first-order valence-corrected chi connectivity index (χ1v) is 6.61. The fourth-order valence-corrected chi connectivity index (χ4v) is 1.67. The van der Waals surface area contributed by atoms with Crippen molar-refractivity contribution in [3.63, 3.8) is 0 Å². The number of hydrogen-bond acceptors (Lipinski definition) is 6. The SMILES string of the molecule is CCOC(=O)C(=CNn1cnnc1)C(=O)c1cc(F)c(F)cc1F. The second kappa shape index (κ2) is 7.40. The lowest BCUT2D eigenvalue weighted by Crippen LogP contribution is -2.20. The summed E-state index contributed by atoms with van der Waals surface area (Å²) in [5.74, 6) is -6.42. The Kier molecular flexibility index (Phi) is 5.30. The van der Waals surface area contributed by atoms with Gasteiger partial charge in [-0.1, -0.05) is 0 Å². The first kappa shape index (κ1) is 17.2. The standard InChI is InChI=1S/C14H11F3N4O3/c1-2-24-14(23)9(5-20-21-6-18-19-7-21)13(22)8-3-11(16)12(17)4-10(8)15/h3-7,20H,2H2,1H3. The molecule has 0 aliphatic heterocycles. The molecule has 0 aliphatic carbocycles. The Morgan fingerprint density at radius 1 is 1.17 bits per heavy atom. The first-order valence-electron chi connectivity index (χ1n) is 6.61. The fourth-order valence-electron chi connectivity index (χ4n) is 1.67. The van der Waals surface area contributed by atoms with Crippen LogP contribution in [-0.4, -0.2) is 33.2 Å². The first-order chi connectivity index (χ1) is 11.4. The highest BCUT2D eigenvalue weighted by Gasteiger charge is 2.25. The number of ketones is 1. The lowest BCUT2D eigenvalue weighted by Gasteiger charge is -2.09. The maximum Gasteiger partial charge on any atom is 0.343 e. The Hall–Kier alpha value is -3.17. The van der Waals surface area contributed by atoms with Crippen molar-refractivity contribution in [1.29, 1.82) is 0 Å². The van der Waals surface area contributed by atoms with E-state index in [4.69, 9.17) is 4.74 Å². The van der Waals surface area contributed by atoms with Gasteiger partial charge in [0.1, 0.15) is 24.0 Å². The van der Waals surface area contributed by atoms with Crippen molar-refractivity contribution in [2.45, 2.75) is 6.92 Å². The molecule has 0 radical (unpaired) electrons. The highest BCUT2D eigenvalue weighted by atomic mass is 19.2. The van der Waals surface area contributed by atoms with E-state index in [0.717, 1.165) is 6.20 Å². The molecule has 2 aromatic rings. The summed E-state index contributed by atoms with van der Waals surface area (Å²) in [4.78, 5) is 24.2. The van der Waals surface area contributed by atoms with Crippen molar-refractivity contribution in [3.8, 4) is 0 Å². The number of carbonyl (C=O) groups is 2. The lowest BCUT2D eigenvalue weighted by atomic mass is 10.0. The highest BCUT2D eigenvalue weighted by molar-refractivity contribution is 6.24. The average molecular weight is 340 g/mol. The molecule has 0 spiro atoms. The Labute approximate surface area is 133 Å². The van der Waals surface area contributed by atoms with Gasteiger partial charge in [-0.3, -0.25) is 10.2 Å². The lowest BCUT2D eigenvalue weighted by molar-refractivity contribution is -0.138. The summed E-state index contributed by atoms with van der Waals surface area (Å²) < 4.78 is 45.9. The van der Waals surface area contributed by atoms with Gasteiger partial charge < -0.3 is 4.74 Å². The number of Topliss-reactive ketones (excluding diaryl/α,β-unsaturated/α-hetero) is 1. The molecule has 1 N–H and O–H groups in total. The van der Waals surface area contributed by atoms with Crippen molar-refractivity contribution >= 4 is 11.8 Å². The Morgan fingerprint density at radius 3 is 2.42 bits per heavy atom. The van der Waals surface area contributed by atoms with E-state index in [1.165, 1.54) is 24.3 Å². The molecule has 0 fully saturated rings. The molecule has 1 aromatic heterocycles. The minimum absolute atomic E-state index is 0.0453. The molecular weight excluding hydrogens is 329 g/mol. The van der Waals surface area contributed by atoms with Gasteiger partial charge in [-0.2, -0.15) is 0 Å². The molecule has 10 heteroatoms. The van der Waals surface area contributed by atoms with Crippen molar-refractivity contribution in [2.24, 2.45) is 0 Å². The number of esters is 1. The van der Waals surface area contributed by atoms with Crippen molar-refractivity contribution in [1.82, 2.24) is 14.9 Å². The molecule has 7 nitrogen and oxygen atoms in total. The van der Waals surface area contributed by atoms with E-state index in [1.807, 2.05) is 0 Å². The number of halogens is 3. The van der Waals surface area contributed by atoms with Crippen LogP contribution in [0.15, 0.2) is 36.6 Å². The summed E-state index contributed by atoms with van der Waals surface area (Å²) >= 11 is 0. The van der Waals surface area contributed by atoms with E-state index < -0.39 is 40.3 Å². The van der Waals surface area contributed by atoms with Crippen LogP contribution in [0.5, 0.6) is 0 Å². The van der Waals surface area contributed by atoms with Gasteiger partial charge in [-0.05, 0) is 13.0 Å². The van der Waals surface area contributed by atoms with Crippen LogP contribution in [-0.2, 0) is 9.53 Å². The maximum atomic E-state index is 13.8. The Bertz CT molecular complexity index is 791. The molecule has 2 rings (SSSR count). The summed E-state index contributed by atoms with van der Waals surface area (Å²) in [5.41, 5.74) is 1.06. The predicted molar refractivity (Wildman–Crippen MR) is 74.7 cm³/mol. The van der Waals surface area contributed by atoms with Crippen LogP contribution in [0.1, 0.15) is 17.3 Å². The summed E-state index contributed by atoms with van der Waals surface area (Å²) in [5, 5.41) is 6.98. The number of hydrogen-bond donors (Lipinski definition) is 1. The molecule has 0 unspecified atom stereocenters. The largest absolute Gasteiger partial charge is 0.462 e. The number of aromatic nitrogens is 3. The number of nitrogens with one attached hydrogen (secondary N) is 1. The maximum absolute atomic E-state index is 13.8. The number of rotatable bonds is 6. The molecule has 0 saturated heterocycles. The number of ether oxygens (including phenoxy) is 1. The minimum Gasteiger partial charge on any atom is -0.462 e. The van der Waals surface area contributed by atoms with Gasteiger partial charge in [0, 0.05) is 12.3 Å². The summed E-state index contributed by atoms with van der Waals surface area (Å²) in [6.07, 6.45) is 3.37. The zero-order chi connectivity index (χ0) is 17.7. The quantitative estimate of drug-likeness (QED) is 0.215. The van der Waals surface area contributed by atoms with Gasteiger partial charge in [-0.15, -0.1) is 10.2 Å². The number of benzene rings is 1. The number of nitrogens with zero attached hydrogens (tertiary/aromatic N) is 3. The van der Waals surface area contributed by atoms with E-state index >= 15 is 0 Å². The molecule has 0 saturated carbocycles. The fraction of sp³-hybridized carbons (Fsp3) is 0.143. The number of carbonyl (C=O) groups excluding carboxylic acids is 2. The van der Waals surface area contributed by atoms with E-state index in [9.17, 15) is 22.8 Å². The summed E-state index contributed by atoms with van der Waals surface area (Å²) in [6, 6.07) is 0.595. The second-order valence-electron chi connectivity index (χ2n) is 4.35. The Morgan fingerprint density at radius 2 is 1.79 bits per heavy atom. The van der Waals surface area contributed by atoms with E-state index in [1.54, 1.807) is 0 Å². The van der Waals surface area contributed by atoms with E-state index in [2.05, 4.69) is 15.6 Å². The summed E-state index contributed by atoms with van der Waals surface area (Å²) in [6.45, 7) is 1.46. The zero-order valence-corrected chi connectivity index (χ0v) is 12.3. The molecule has 0 aliphatic rings. The average Bonchev–Trinajstić information content (AvgIpc) is 3.04. The molecule has 0 bridgehead atoms. The molecule has 1 heterocycles. The second-order valence-corrected chi connectivity index (χ2v) is 4.35. The van der Waals surface area contributed by atoms with Gasteiger partial charge in [-0.25, -0.2) is 22.6 Å². The molecular formula is C14H11F3N4O3. The third-order valence-electron chi connectivity index (χ3n) is 2.77. The molecule has 24 heavy (non-hydrogen) atoms. The summed E-state index contributed by atoms with van der Waals surface area (Å²) in [7, 11) is 0. The highest BCUT2D eigenvalue weighted by Crippen LogP contribution is 2.18. The van der Waals surface area contributed by atoms with Crippen LogP contribution in [0.2, 0.25) is 0 Å². The molecule has 126 valence electrons. The van der Waals surface area contributed by atoms with Crippen LogP contribution < -0.4 is 5.43 Å². The minimum atomic E-state index is -1.45. The normalized spacial score (nSPS) is 11.2. The van der Waals surface area contributed by atoms with Gasteiger partial charge in [0.25, 0.3) is 0 Å². The zero-order valence-electron chi connectivity index (χ0n) is 12.3. The van der Waals surface area contributed by atoms with Crippen molar-refractivity contribution in [3.05, 3.63) is 59.6 Å².